The molecule has 0 aliphatic heterocycles. The van der Waals surface area contributed by atoms with Gasteiger partial charge >= 0.3 is 0 Å². The molecule has 0 radical (unpaired) electrons. The molecule has 0 saturated heterocycles. The summed E-state index contributed by atoms with van der Waals surface area (Å²) in [5.74, 6) is 0.684. The number of hydrogen-bond donors (Lipinski definition) is 4. The Morgan fingerprint density at radius 3 is 1.20 bits per heavy atom. The van der Waals surface area contributed by atoms with Crippen LogP contribution < -0.4 is 0 Å². The van der Waals surface area contributed by atoms with Gasteiger partial charge in [-0.1, -0.05) is 52.0 Å². The molecule has 0 fully saturated rings. The number of benzene rings is 2. The molecule has 2 aromatic carbocycles. The van der Waals surface area contributed by atoms with Gasteiger partial charge in [-0.2, -0.15) is 0 Å². The van der Waals surface area contributed by atoms with Crippen LogP contribution in [0, 0.1) is 22.7 Å². The van der Waals surface area contributed by atoms with Crippen molar-refractivity contribution in [2.75, 3.05) is 0 Å². The van der Waals surface area contributed by atoms with Gasteiger partial charge in [0.1, 0.15) is 11.5 Å². The van der Waals surface area contributed by atoms with E-state index in [0.717, 1.165) is 0 Å². The second-order valence-corrected chi connectivity index (χ2v) is 6.17. The number of phenolic OH excluding ortho intramolecular Hbond substituents is 2. The van der Waals surface area contributed by atoms with Crippen LogP contribution in [0.4, 0.5) is 0 Å². The van der Waals surface area contributed by atoms with Gasteiger partial charge < -0.3 is 21.0 Å². The Labute approximate surface area is 159 Å². The molecular weight excluding hydrogens is 359 g/mol. The van der Waals surface area contributed by atoms with Crippen molar-refractivity contribution in [1.82, 2.24) is 0 Å². The Morgan fingerprint density at radius 2 is 0.960 bits per heavy atom. The van der Waals surface area contributed by atoms with Crippen molar-refractivity contribution in [1.29, 1.82) is 10.8 Å². The van der Waals surface area contributed by atoms with E-state index in [9.17, 15) is 10.2 Å². The summed E-state index contributed by atoms with van der Waals surface area (Å²) in [4.78, 5) is 0. The molecule has 2 rings (SSSR count). The summed E-state index contributed by atoms with van der Waals surface area (Å²) in [6.07, 6.45) is 0. The molecule has 0 heterocycles. The maximum absolute atomic E-state index is 9.39. The molecule has 0 saturated carbocycles. The van der Waals surface area contributed by atoms with E-state index in [4.69, 9.17) is 10.8 Å². The fourth-order valence-corrected chi connectivity index (χ4v) is 2.02. The van der Waals surface area contributed by atoms with Gasteiger partial charge in [0.05, 0.1) is 0 Å². The Balaban J connectivity index is 0.000000443. The third kappa shape index (κ3) is 6.71. The van der Waals surface area contributed by atoms with E-state index in [2.05, 4.69) is 0 Å². The topological polar surface area (TPSA) is 88.2 Å². The summed E-state index contributed by atoms with van der Waals surface area (Å²) < 4.78 is 0. The van der Waals surface area contributed by atoms with E-state index >= 15 is 0 Å². The zero-order valence-electron chi connectivity index (χ0n) is 15.0. The predicted octanol–water partition coefficient (Wildman–Crippen LogP) is 4.83. The second kappa shape index (κ2) is 10.7. The van der Waals surface area contributed by atoms with Gasteiger partial charge in [-0.05, 0) is 36.1 Å². The maximum atomic E-state index is 9.39. The Morgan fingerprint density at radius 1 is 0.680 bits per heavy atom. The molecule has 0 amide bonds. The van der Waals surface area contributed by atoms with Crippen molar-refractivity contribution in [3.8, 4) is 11.5 Å². The van der Waals surface area contributed by atoms with Crippen molar-refractivity contribution in [3.63, 3.8) is 0 Å². The Kier molecular flexibility index (Phi) is 9.77. The first-order valence-corrected chi connectivity index (χ1v) is 7.99. The van der Waals surface area contributed by atoms with Gasteiger partial charge in [-0.25, -0.2) is 0 Å². The summed E-state index contributed by atoms with van der Waals surface area (Å²) in [5.41, 5.74) is 2.22. The minimum atomic E-state index is 0. The minimum absolute atomic E-state index is 0. The van der Waals surface area contributed by atoms with Gasteiger partial charge in [0.2, 0.25) is 0 Å². The smallest absolute Gasteiger partial charge is 0.124 e. The average Bonchev–Trinajstić information content (AvgIpc) is 2.55. The summed E-state index contributed by atoms with van der Waals surface area (Å²) in [6, 6.07) is 13.9. The minimum Gasteiger partial charge on any atom is -0.507 e. The second-order valence-electron chi connectivity index (χ2n) is 6.17. The Bertz CT molecular complexity index is 651. The number of hydrogen-bond acceptors (Lipinski definition) is 4. The zero-order valence-corrected chi connectivity index (χ0v) is 16.0. The van der Waals surface area contributed by atoms with Crippen LogP contribution >= 0.6 is 0 Å². The summed E-state index contributed by atoms with van der Waals surface area (Å²) >= 11 is 0. The van der Waals surface area contributed by atoms with Crippen molar-refractivity contribution in [3.05, 3.63) is 59.7 Å². The molecule has 4 nitrogen and oxygen atoms in total. The van der Waals surface area contributed by atoms with E-state index in [0.29, 0.717) is 22.6 Å². The summed E-state index contributed by atoms with van der Waals surface area (Å²) in [5, 5.41) is 34.1. The number of rotatable bonds is 4. The van der Waals surface area contributed by atoms with Gasteiger partial charge in [-0.15, -0.1) is 0 Å². The van der Waals surface area contributed by atoms with Crippen LogP contribution in [-0.4, -0.2) is 21.6 Å². The largest absolute Gasteiger partial charge is 0.507 e. The van der Waals surface area contributed by atoms with E-state index < -0.39 is 0 Å². The molecule has 2 aromatic rings. The fourth-order valence-electron chi connectivity index (χ4n) is 2.02. The van der Waals surface area contributed by atoms with Crippen LogP contribution in [0.3, 0.4) is 0 Å². The molecule has 0 aromatic heterocycles. The predicted molar refractivity (Wildman–Crippen MR) is 99.5 cm³/mol. The number of phenols is 2. The Hall–Kier alpha value is -2.13. The SMILES string of the molecule is CC(C)C(=N)c1ccccc1O.CC(C)C(=N)c1ccccc1O.[Ni]. The van der Waals surface area contributed by atoms with E-state index in [-0.39, 0.29) is 39.8 Å². The number of nitrogens with one attached hydrogen (secondary N) is 2. The van der Waals surface area contributed by atoms with Crippen LogP contribution in [0.15, 0.2) is 48.5 Å². The standard InChI is InChI=1S/2C10H13NO.Ni/c2*1-7(2)10(11)8-5-3-4-6-9(8)12;/h2*3-7,11-12H,1-2H3;. The molecule has 0 atom stereocenters. The van der Waals surface area contributed by atoms with E-state index in [1.165, 1.54) is 0 Å². The first-order valence-electron chi connectivity index (χ1n) is 7.99. The van der Waals surface area contributed by atoms with Crippen molar-refractivity contribution < 1.29 is 26.7 Å². The third-order valence-electron chi connectivity index (χ3n) is 3.54. The molecular formula is C20H26N2NiO2. The van der Waals surface area contributed by atoms with Crippen LogP contribution in [0.1, 0.15) is 38.8 Å². The van der Waals surface area contributed by atoms with Gasteiger partial charge in [0.25, 0.3) is 0 Å². The van der Waals surface area contributed by atoms with Crippen LogP contribution in [-0.2, 0) is 16.5 Å². The van der Waals surface area contributed by atoms with Crippen LogP contribution in [0.5, 0.6) is 11.5 Å². The van der Waals surface area contributed by atoms with Gasteiger partial charge in [0.15, 0.2) is 0 Å². The van der Waals surface area contributed by atoms with E-state index in [1.54, 1.807) is 36.4 Å². The van der Waals surface area contributed by atoms with Crippen LogP contribution in [0.2, 0.25) is 0 Å². The molecule has 0 bridgehead atoms. The third-order valence-corrected chi connectivity index (χ3v) is 3.54. The van der Waals surface area contributed by atoms with Crippen molar-refractivity contribution in [2.24, 2.45) is 11.8 Å². The normalized spacial score (nSPS) is 9.84. The summed E-state index contributed by atoms with van der Waals surface area (Å²) in [6.45, 7) is 7.76. The quantitative estimate of drug-likeness (QED) is 0.449. The molecule has 138 valence electrons. The number of para-hydroxylation sites is 2. The number of aromatic hydroxyl groups is 2. The van der Waals surface area contributed by atoms with E-state index in [1.807, 2.05) is 39.8 Å². The van der Waals surface area contributed by atoms with Crippen molar-refractivity contribution >= 4 is 11.4 Å². The molecule has 4 N–H and O–H groups in total. The molecule has 0 unspecified atom stereocenters. The molecule has 0 spiro atoms. The average molecular weight is 385 g/mol. The molecule has 0 aliphatic rings. The maximum Gasteiger partial charge on any atom is 0.124 e. The van der Waals surface area contributed by atoms with Crippen molar-refractivity contribution in [2.45, 2.75) is 27.7 Å². The van der Waals surface area contributed by atoms with Crippen LogP contribution in [0.25, 0.3) is 0 Å². The summed E-state index contributed by atoms with van der Waals surface area (Å²) in [7, 11) is 0. The first kappa shape index (κ1) is 22.9. The monoisotopic (exact) mass is 384 g/mol. The molecule has 5 heteroatoms. The zero-order chi connectivity index (χ0) is 18.3. The molecule has 25 heavy (non-hydrogen) atoms. The van der Waals surface area contributed by atoms with Gasteiger partial charge in [0, 0.05) is 39.0 Å². The van der Waals surface area contributed by atoms with Gasteiger partial charge in [-0.3, -0.25) is 0 Å². The first-order chi connectivity index (χ1) is 11.3. The fraction of sp³-hybridized carbons (Fsp3) is 0.300. The molecule has 0 aliphatic carbocycles.